The highest BCUT2D eigenvalue weighted by Gasteiger charge is 2.30. The van der Waals surface area contributed by atoms with Crippen molar-refractivity contribution in [1.82, 2.24) is 0 Å². The second-order valence-corrected chi connectivity index (χ2v) is 4.13. The lowest BCUT2D eigenvalue weighted by Crippen LogP contribution is -2.42. The molecule has 0 amide bonds. The van der Waals surface area contributed by atoms with Crippen LogP contribution in [0.3, 0.4) is 0 Å². The summed E-state index contributed by atoms with van der Waals surface area (Å²) < 4.78 is 20.9. The van der Waals surface area contributed by atoms with Gasteiger partial charge >= 0.3 is 11.9 Å². The molecule has 1 aliphatic heterocycles. The Hall–Kier alpha value is -1.84. The molecule has 20 heavy (non-hydrogen) atoms. The Balaban J connectivity index is 2.59. The topological polar surface area (TPSA) is 71.1 Å². The molecule has 0 saturated heterocycles. The summed E-state index contributed by atoms with van der Waals surface area (Å²) in [6.07, 6.45) is 7.06. The predicted molar refractivity (Wildman–Crippen MR) is 69.4 cm³/mol. The zero-order chi connectivity index (χ0) is 15.0. The molecule has 0 aliphatic carbocycles. The molecule has 3 unspecified atom stereocenters. The fourth-order valence-electron chi connectivity index (χ4n) is 1.59. The molecule has 6 heteroatoms. The molecular formula is C14H18O6. The van der Waals surface area contributed by atoms with Crippen molar-refractivity contribution in [2.45, 2.75) is 38.8 Å². The number of hydrogen-bond acceptors (Lipinski definition) is 6. The highest BCUT2D eigenvalue weighted by Crippen LogP contribution is 2.18. The van der Waals surface area contributed by atoms with E-state index in [0.29, 0.717) is 13.0 Å². The molecule has 0 bridgehead atoms. The number of esters is 2. The number of hydrogen-bond donors (Lipinski definition) is 0. The molecule has 0 aromatic rings. The van der Waals surface area contributed by atoms with E-state index < -0.39 is 30.4 Å². The number of ether oxygens (including phenoxy) is 4. The fraction of sp³-hybridized carbons (Fsp3) is 0.571. The van der Waals surface area contributed by atoms with Crippen molar-refractivity contribution in [2.24, 2.45) is 0 Å². The SMILES string of the molecule is C#CCCOC1C=CC(OC(C)=O)C(COC(C)=O)O1. The summed E-state index contributed by atoms with van der Waals surface area (Å²) in [4.78, 5) is 21.9. The van der Waals surface area contributed by atoms with E-state index >= 15 is 0 Å². The predicted octanol–water partition coefficient (Wildman–Crippen LogP) is 0.802. The van der Waals surface area contributed by atoms with Gasteiger partial charge in [0.25, 0.3) is 0 Å². The van der Waals surface area contributed by atoms with Crippen LogP contribution in [0.5, 0.6) is 0 Å². The van der Waals surface area contributed by atoms with E-state index in [0.717, 1.165) is 0 Å². The summed E-state index contributed by atoms with van der Waals surface area (Å²) in [5.74, 6) is 1.57. The molecule has 0 aromatic carbocycles. The minimum absolute atomic E-state index is 0.0212. The lowest BCUT2D eigenvalue weighted by molar-refractivity contribution is -0.196. The molecule has 1 rings (SSSR count). The Labute approximate surface area is 118 Å². The number of carbonyl (C=O) groups is 2. The quantitative estimate of drug-likeness (QED) is 0.311. The van der Waals surface area contributed by atoms with Gasteiger partial charge in [0.15, 0.2) is 6.29 Å². The van der Waals surface area contributed by atoms with Crippen molar-refractivity contribution in [3.8, 4) is 12.3 Å². The molecule has 1 aliphatic rings. The number of rotatable bonds is 6. The molecule has 110 valence electrons. The first kappa shape index (κ1) is 16.2. The first-order valence-electron chi connectivity index (χ1n) is 6.22. The van der Waals surface area contributed by atoms with Crippen molar-refractivity contribution in [3.05, 3.63) is 12.2 Å². The van der Waals surface area contributed by atoms with Crippen LogP contribution >= 0.6 is 0 Å². The Bertz CT molecular complexity index is 408. The van der Waals surface area contributed by atoms with Gasteiger partial charge in [-0.25, -0.2) is 0 Å². The summed E-state index contributed by atoms with van der Waals surface area (Å²) in [7, 11) is 0. The Morgan fingerprint density at radius 2 is 2.05 bits per heavy atom. The van der Waals surface area contributed by atoms with E-state index in [1.54, 1.807) is 12.2 Å². The maximum absolute atomic E-state index is 11.0. The van der Waals surface area contributed by atoms with Gasteiger partial charge in [-0.2, -0.15) is 0 Å². The van der Waals surface area contributed by atoms with E-state index in [-0.39, 0.29) is 6.61 Å². The third-order valence-electron chi connectivity index (χ3n) is 2.41. The normalized spacial score (nSPS) is 24.8. The zero-order valence-corrected chi connectivity index (χ0v) is 11.5. The molecule has 0 saturated carbocycles. The minimum Gasteiger partial charge on any atom is -0.463 e. The number of carbonyl (C=O) groups excluding carboxylic acids is 2. The van der Waals surface area contributed by atoms with Crippen LogP contribution in [0.25, 0.3) is 0 Å². The van der Waals surface area contributed by atoms with Crippen LogP contribution in [-0.4, -0.2) is 43.7 Å². The molecule has 0 N–H and O–H groups in total. The smallest absolute Gasteiger partial charge is 0.303 e. The average Bonchev–Trinajstić information content (AvgIpc) is 2.38. The summed E-state index contributed by atoms with van der Waals surface area (Å²) in [5.41, 5.74) is 0. The Morgan fingerprint density at radius 1 is 1.30 bits per heavy atom. The monoisotopic (exact) mass is 282 g/mol. The first-order valence-corrected chi connectivity index (χ1v) is 6.22. The third kappa shape index (κ3) is 5.87. The largest absolute Gasteiger partial charge is 0.463 e. The molecule has 3 atom stereocenters. The van der Waals surface area contributed by atoms with E-state index in [1.807, 2.05) is 0 Å². The van der Waals surface area contributed by atoms with E-state index in [9.17, 15) is 9.59 Å². The van der Waals surface area contributed by atoms with Crippen LogP contribution in [0.2, 0.25) is 0 Å². The van der Waals surface area contributed by atoms with Gasteiger partial charge in [-0.3, -0.25) is 9.59 Å². The molecule has 0 fully saturated rings. The van der Waals surface area contributed by atoms with Crippen LogP contribution in [0, 0.1) is 12.3 Å². The highest BCUT2D eigenvalue weighted by atomic mass is 16.7. The molecule has 0 spiro atoms. The van der Waals surface area contributed by atoms with Gasteiger partial charge in [0, 0.05) is 20.3 Å². The maximum atomic E-state index is 11.0. The lowest BCUT2D eigenvalue weighted by atomic mass is 10.1. The van der Waals surface area contributed by atoms with Gasteiger partial charge in [0.05, 0.1) is 6.61 Å². The third-order valence-corrected chi connectivity index (χ3v) is 2.41. The van der Waals surface area contributed by atoms with E-state index in [4.69, 9.17) is 25.4 Å². The van der Waals surface area contributed by atoms with Crippen LogP contribution in [0.15, 0.2) is 12.2 Å². The van der Waals surface area contributed by atoms with Crippen molar-refractivity contribution in [3.63, 3.8) is 0 Å². The first-order chi connectivity index (χ1) is 9.52. The highest BCUT2D eigenvalue weighted by molar-refractivity contribution is 5.66. The van der Waals surface area contributed by atoms with E-state index in [2.05, 4.69) is 5.92 Å². The lowest BCUT2D eigenvalue weighted by Gasteiger charge is -2.31. The van der Waals surface area contributed by atoms with Crippen molar-refractivity contribution >= 4 is 11.9 Å². The molecular weight excluding hydrogens is 264 g/mol. The summed E-state index contributed by atoms with van der Waals surface area (Å²) >= 11 is 0. The van der Waals surface area contributed by atoms with Crippen LogP contribution < -0.4 is 0 Å². The van der Waals surface area contributed by atoms with Crippen molar-refractivity contribution < 1.29 is 28.5 Å². The van der Waals surface area contributed by atoms with Gasteiger partial charge in [-0.05, 0) is 12.2 Å². The van der Waals surface area contributed by atoms with Crippen LogP contribution in [-0.2, 0) is 28.5 Å². The van der Waals surface area contributed by atoms with Gasteiger partial charge in [0.2, 0.25) is 0 Å². The van der Waals surface area contributed by atoms with Gasteiger partial charge in [-0.1, -0.05) is 0 Å². The zero-order valence-electron chi connectivity index (χ0n) is 11.5. The van der Waals surface area contributed by atoms with Gasteiger partial charge in [-0.15, -0.1) is 12.3 Å². The second kappa shape index (κ2) is 8.35. The average molecular weight is 282 g/mol. The Kier molecular flexibility index (Phi) is 6.77. The molecule has 0 radical (unpaired) electrons. The standard InChI is InChI=1S/C14H18O6/c1-4-5-8-17-14-7-6-12(19-11(3)16)13(20-14)9-18-10(2)15/h1,6-7,12-14H,5,8-9H2,2-3H3. The number of terminal acetylenes is 1. The molecule has 6 nitrogen and oxygen atoms in total. The van der Waals surface area contributed by atoms with Crippen molar-refractivity contribution in [2.75, 3.05) is 13.2 Å². The minimum atomic E-state index is -0.612. The van der Waals surface area contributed by atoms with E-state index in [1.165, 1.54) is 13.8 Å². The molecule has 0 aromatic heterocycles. The van der Waals surface area contributed by atoms with Crippen molar-refractivity contribution in [1.29, 1.82) is 0 Å². The maximum Gasteiger partial charge on any atom is 0.303 e. The van der Waals surface area contributed by atoms with Gasteiger partial charge < -0.3 is 18.9 Å². The van der Waals surface area contributed by atoms with Crippen LogP contribution in [0.1, 0.15) is 20.3 Å². The second-order valence-electron chi connectivity index (χ2n) is 4.13. The summed E-state index contributed by atoms with van der Waals surface area (Å²) in [6.45, 7) is 2.92. The fourth-order valence-corrected chi connectivity index (χ4v) is 1.59. The summed E-state index contributed by atoms with van der Waals surface area (Å²) in [5, 5.41) is 0. The van der Waals surface area contributed by atoms with Crippen LogP contribution in [0.4, 0.5) is 0 Å². The van der Waals surface area contributed by atoms with Gasteiger partial charge in [0.1, 0.15) is 18.8 Å². The Morgan fingerprint density at radius 3 is 2.65 bits per heavy atom. The molecule has 1 heterocycles. The summed E-state index contributed by atoms with van der Waals surface area (Å²) in [6, 6.07) is 0.